The molecule has 1 aromatic rings. The molecule has 0 radical (unpaired) electrons. The summed E-state index contributed by atoms with van der Waals surface area (Å²) in [6.45, 7) is 6.51. The molecule has 5 nitrogen and oxygen atoms in total. The molecule has 1 aliphatic rings. The number of carbonyl (C=O) groups is 1. The van der Waals surface area contributed by atoms with E-state index in [0.29, 0.717) is 11.1 Å². The molecule has 1 unspecified atom stereocenters. The Morgan fingerprint density at radius 2 is 2.04 bits per heavy atom. The van der Waals surface area contributed by atoms with Crippen LogP contribution in [0.5, 0.6) is 0 Å². The van der Waals surface area contributed by atoms with Gasteiger partial charge in [0.15, 0.2) is 5.96 Å². The van der Waals surface area contributed by atoms with Crippen LogP contribution in [0.3, 0.4) is 0 Å². The predicted molar refractivity (Wildman–Crippen MR) is 106 cm³/mol. The second-order valence-corrected chi connectivity index (χ2v) is 6.29. The number of rotatable bonds is 4. The van der Waals surface area contributed by atoms with Crippen molar-refractivity contribution < 1.29 is 9.18 Å². The highest BCUT2D eigenvalue weighted by Gasteiger charge is 2.33. The molecular weight excluding hydrogens is 422 g/mol. The van der Waals surface area contributed by atoms with Gasteiger partial charge in [-0.15, -0.1) is 24.0 Å². The topological polar surface area (TPSA) is 56.7 Å². The summed E-state index contributed by atoms with van der Waals surface area (Å²) < 4.78 is 12.8. The summed E-state index contributed by atoms with van der Waals surface area (Å²) in [5.74, 6) is 0.237. The van der Waals surface area contributed by atoms with E-state index in [9.17, 15) is 9.18 Å². The van der Waals surface area contributed by atoms with Gasteiger partial charge in [0.1, 0.15) is 5.82 Å². The largest absolute Gasteiger partial charge is 0.347 e. The summed E-state index contributed by atoms with van der Waals surface area (Å²) in [5.41, 5.74) is 0.890. The normalized spacial score (nSPS) is 20.5. The Hall–Kier alpha value is -1.38. The fraction of sp³-hybridized carbons (Fsp3) is 0.529. The molecule has 1 saturated heterocycles. The second kappa shape index (κ2) is 9.19. The van der Waals surface area contributed by atoms with Crippen molar-refractivity contribution in [2.45, 2.75) is 26.7 Å². The van der Waals surface area contributed by atoms with Crippen LogP contribution in [0.25, 0.3) is 0 Å². The first-order valence-corrected chi connectivity index (χ1v) is 7.97. The molecule has 0 saturated carbocycles. The van der Waals surface area contributed by atoms with Gasteiger partial charge in [-0.25, -0.2) is 4.39 Å². The number of hydrogen-bond acceptors (Lipinski definition) is 2. The van der Waals surface area contributed by atoms with Crippen LogP contribution < -0.4 is 10.6 Å². The average molecular weight is 448 g/mol. The summed E-state index contributed by atoms with van der Waals surface area (Å²) in [7, 11) is 1.72. The third-order valence-corrected chi connectivity index (χ3v) is 4.46. The zero-order valence-corrected chi connectivity index (χ0v) is 16.8. The number of nitrogens with one attached hydrogen (secondary N) is 2. The van der Waals surface area contributed by atoms with Crippen LogP contribution >= 0.6 is 24.0 Å². The second-order valence-electron chi connectivity index (χ2n) is 6.29. The quantitative estimate of drug-likeness (QED) is 0.423. The SMILES string of the molecule is CCC1(C)CCN(C(=NC)NCC(=O)Nc2ccc(F)cc2)C1.I. The molecule has 0 bridgehead atoms. The first-order valence-electron chi connectivity index (χ1n) is 7.97. The van der Waals surface area contributed by atoms with Gasteiger partial charge in [-0.1, -0.05) is 13.8 Å². The van der Waals surface area contributed by atoms with Gasteiger partial charge >= 0.3 is 0 Å². The Balaban J connectivity index is 0.00000288. The molecule has 24 heavy (non-hydrogen) atoms. The number of benzene rings is 1. The maximum absolute atomic E-state index is 12.8. The van der Waals surface area contributed by atoms with E-state index in [1.54, 1.807) is 7.05 Å². The molecule has 0 spiro atoms. The van der Waals surface area contributed by atoms with Crippen molar-refractivity contribution in [3.05, 3.63) is 30.1 Å². The van der Waals surface area contributed by atoms with Crippen molar-refractivity contribution in [3.63, 3.8) is 0 Å². The third-order valence-electron chi connectivity index (χ3n) is 4.46. The van der Waals surface area contributed by atoms with Gasteiger partial charge < -0.3 is 15.5 Å². The fourth-order valence-corrected chi connectivity index (χ4v) is 2.72. The molecule has 1 aromatic carbocycles. The van der Waals surface area contributed by atoms with Crippen molar-refractivity contribution in [1.82, 2.24) is 10.2 Å². The number of nitrogens with zero attached hydrogens (tertiary/aromatic N) is 2. The smallest absolute Gasteiger partial charge is 0.243 e. The predicted octanol–water partition coefficient (Wildman–Crippen LogP) is 3.08. The first kappa shape index (κ1) is 20.7. The molecular formula is C17H26FIN4O. The first-order chi connectivity index (χ1) is 11.0. The van der Waals surface area contributed by atoms with Gasteiger partial charge in [0.25, 0.3) is 0 Å². The molecule has 0 aromatic heterocycles. The lowest BCUT2D eigenvalue weighted by Gasteiger charge is -2.25. The summed E-state index contributed by atoms with van der Waals surface area (Å²) in [6.07, 6.45) is 2.26. The van der Waals surface area contributed by atoms with Gasteiger partial charge in [-0.05, 0) is 42.5 Å². The van der Waals surface area contributed by atoms with Crippen LogP contribution in [0, 0.1) is 11.2 Å². The Labute approximate surface area is 160 Å². The summed E-state index contributed by atoms with van der Waals surface area (Å²) in [5, 5.41) is 5.82. The average Bonchev–Trinajstić information content (AvgIpc) is 2.93. The molecule has 7 heteroatoms. The zero-order valence-electron chi connectivity index (χ0n) is 14.4. The maximum Gasteiger partial charge on any atom is 0.243 e. The number of anilines is 1. The van der Waals surface area contributed by atoms with E-state index < -0.39 is 0 Å². The molecule has 0 aliphatic carbocycles. The minimum Gasteiger partial charge on any atom is -0.347 e. The van der Waals surface area contributed by atoms with Crippen molar-refractivity contribution in [2.75, 3.05) is 32.0 Å². The van der Waals surface area contributed by atoms with E-state index in [0.717, 1.165) is 31.9 Å². The molecule has 1 fully saturated rings. The Kier molecular flexibility index (Phi) is 7.92. The van der Waals surface area contributed by atoms with E-state index in [-0.39, 0.29) is 42.2 Å². The van der Waals surface area contributed by atoms with Crippen molar-refractivity contribution in [1.29, 1.82) is 0 Å². The number of amides is 1. The highest BCUT2D eigenvalue weighted by Crippen LogP contribution is 2.32. The van der Waals surface area contributed by atoms with Crippen LogP contribution in [0.4, 0.5) is 10.1 Å². The minimum absolute atomic E-state index is 0. The Morgan fingerprint density at radius 1 is 1.38 bits per heavy atom. The zero-order chi connectivity index (χ0) is 16.9. The number of aliphatic imine (C=N–C) groups is 1. The number of carbonyl (C=O) groups excluding carboxylic acids is 1. The summed E-state index contributed by atoms with van der Waals surface area (Å²) in [6, 6.07) is 5.71. The molecule has 1 atom stereocenters. The number of halogens is 2. The molecule has 134 valence electrons. The molecule has 2 N–H and O–H groups in total. The monoisotopic (exact) mass is 448 g/mol. The third kappa shape index (κ3) is 5.61. The van der Waals surface area contributed by atoms with Crippen molar-refractivity contribution in [3.8, 4) is 0 Å². The van der Waals surface area contributed by atoms with Gasteiger partial charge in [0.2, 0.25) is 5.91 Å². The number of guanidine groups is 1. The van der Waals surface area contributed by atoms with Crippen molar-refractivity contribution in [2.24, 2.45) is 10.4 Å². The molecule has 1 amide bonds. The van der Waals surface area contributed by atoms with Crippen LogP contribution in [-0.4, -0.2) is 43.4 Å². The lowest BCUT2D eigenvalue weighted by molar-refractivity contribution is -0.115. The standard InChI is InChI=1S/C17H25FN4O.HI/c1-4-17(2)9-10-22(12-17)16(19-3)20-11-15(23)21-14-7-5-13(18)6-8-14;/h5-8H,4,9-12H2,1-3H3,(H,19,20)(H,21,23);1H. The van der Waals surface area contributed by atoms with Crippen LogP contribution in [-0.2, 0) is 4.79 Å². The van der Waals surface area contributed by atoms with Gasteiger partial charge in [-0.3, -0.25) is 9.79 Å². The highest BCUT2D eigenvalue weighted by atomic mass is 127. The van der Waals surface area contributed by atoms with E-state index in [4.69, 9.17) is 0 Å². The summed E-state index contributed by atoms with van der Waals surface area (Å²) in [4.78, 5) is 18.4. The van der Waals surface area contributed by atoms with Crippen LogP contribution in [0.2, 0.25) is 0 Å². The molecule has 1 heterocycles. The fourth-order valence-electron chi connectivity index (χ4n) is 2.72. The van der Waals surface area contributed by atoms with E-state index in [2.05, 4.69) is 34.4 Å². The lowest BCUT2D eigenvalue weighted by Crippen LogP contribution is -2.43. The van der Waals surface area contributed by atoms with Gasteiger partial charge in [0.05, 0.1) is 6.54 Å². The lowest BCUT2D eigenvalue weighted by atomic mass is 9.87. The van der Waals surface area contributed by atoms with E-state index in [1.807, 2.05) is 0 Å². The van der Waals surface area contributed by atoms with E-state index >= 15 is 0 Å². The number of likely N-dealkylation sites (tertiary alicyclic amines) is 1. The Morgan fingerprint density at radius 3 is 2.58 bits per heavy atom. The van der Waals surface area contributed by atoms with Crippen LogP contribution in [0.15, 0.2) is 29.3 Å². The summed E-state index contributed by atoms with van der Waals surface area (Å²) >= 11 is 0. The maximum atomic E-state index is 12.8. The Bertz CT molecular complexity index is 578. The van der Waals surface area contributed by atoms with Gasteiger partial charge in [0, 0.05) is 25.8 Å². The highest BCUT2D eigenvalue weighted by molar-refractivity contribution is 14.0. The molecule has 2 rings (SSSR count). The van der Waals surface area contributed by atoms with E-state index in [1.165, 1.54) is 24.3 Å². The van der Waals surface area contributed by atoms with Gasteiger partial charge in [-0.2, -0.15) is 0 Å². The van der Waals surface area contributed by atoms with Crippen molar-refractivity contribution >= 4 is 41.5 Å². The van der Waals surface area contributed by atoms with Crippen LogP contribution in [0.1, 0.15) is 26.7 Å². The molecule has 1 aliphatic heterocycles. The minimum atomic E-state index is -0.325. The number of hydrogen-bond donors (Lipinski definition) is 2.